The molecule has 0 atom stereocenters. The lowest BCUT2D eigenvalue weighted by molar-refractivity contribution is -0.120. The Morgan fingerprint density at radius 1 is 1.28 bits per heavy atom. The molecule has 0 aromatic carbocycles. The summed E-state index contributed by atoms with van der Waals surface area (Å²) in [6, 6.07) is 3.15. The van der Waals surface area contributed by atoms with E-state index in [1.165, 1.54) is 6.20 Å². The van der Waals surface area contributed by atoms with E-state index in [4.69, 9.17) is 5.73 Å². The van der Waals surface area contributed by atoms with Crippen molar-refractivity contribution >= 4 is 17.6 Å². The number of anilines is 1. The van der Waals surface area contributed by atoms with Crippen LogP contribution in [0.1, 0.15) is 30.1 Å². The van der Waals surface area contributed by atoms with Crippen LogP contribution in [0.2, 0.25) is 0 Å². The fourth-order valence-electron chi connectivity index (χ4n) is 1.28. The fourth-order valence-corrected chi connectivity index (χ4v) is 1.28. The van der Waals surface area contributed by atoms with Gasteiger partial charge in [-0.05, 0) is 18.6 Å². The summed E-state index contributed by atoms with van der Waals surface area (Å²) in [6.07, 6.45) is 2.57. The summed E-state index contributed by atoms with van der Waals surface area (Å²) in [4.78, 5) is 26.7. The molecule has 0 radical (unpaired) electrons. The monoisotopic (exact) mass is 250 g/mol. The molecule has 0 saturated heterocycles. The number of amides is 2. The number of carbonyl (C=O) groups excluding carboxylic acids is 2. The normalized spacial score (nSPS) is 9.83. The van der Waals surface area contributed by atoms with Crippen molar-refractivity contribution in [3.8, 4) is 0 Å². The van der Waals surface area contributed by atoms with E-state index in [-0.39, 0.29) is 18.2 Å². The number of aromatic nitrogens is 1. The van der Waals surface area contributed by atoms with E-state index in [1.54, 1.807) is 12.1 Å². The molecule has 6 heteroatoms. The van der Waals surface area contributed by atoms with Crippen LogP contribution in [0.25, 0.3) is 0 Å². The number of nitrogens with zero attached hydrogens (tertiary/aromatic N) is 1. The lowest BCUT2D eigenvalue weighted by Crippen LogP contribution is -2.31. The van der Waals surface area contributed by atoms with Gasteiger partial charge in [0, 0.05) is 25.7 Å². The van der Waals surface area contributed by atoms with Gasteiger partial charge in [-0.25, -0.2) is 4.98 Å². The van der Waals surface area contributed by atoms with E-state index < -0.39 is 0 Å². The Morgan fingerprint density at radius 2 is 2.06 bits per heavy atom. The van der Waals surface area contributed by atoms with E-state index in [1.807, 2.05) is 6.92 Å². The summed E-state index contributed by atoms with van der Waals surface area (Å²) in [7, 11) is 0. The number of nitrogen functional groups attached to an aromatic ring is 1. The molecule has 1 rings (SSSR count). The number of nitrogens with one attached hydrogen (secondary N) is 2. The molecule has 1 aromatic heterocycles. The third-order valence-electron chi connectivity index (χ3n) is 2.26. The molecule has 1 aromatic rings. The van der Waals surface area contributed by atoms with Crippen LogP contribution in [-0.4, -0.2) is 29.9 Å². The minimum Gasteiger partial charge on any atom is -0.384 e. The minimum atomic E-state index is -0.259. The standard InChI is InChI=1S/C12H18N4O2/c1-2-6-14-11(17)5-7-15-12(18)9-3-4-10(13)16-8-9/h3-4,8H,2,5-7H2,1H3,(H2,13,16)(H,14,17)(H,15,18). The molecule has 18 heavy (non-hydrogen) atoms. The second-order valence-electron chi connectivity index (χ2n) is 3.83. The average molecular weight is 250 g/mol. The van der Waals surface area contributed by atoms with Gasteiger partial charge < -0.3 is 16.4 Å². The number of nitrogens with two attached hydrogens (primary N) is 1. The average Bonchev–Trinajstić information content (AvgIpc) is 2.37. The molecule has 1 heterocycles. The Bertz CT molecular complexity index is 403. The van der Waals surface area contributed by atoms with Crippen molar-refractivity contribution in [1.29, 1.82) is 0 Å². The Morgan fingerprint density at radius 3 is 2.67 bits per heavy atom. The van der Waals surface area contributed by atoms with Gasteiger partial charge in [0.2, 0.25) is 5.91 Å². The van der Waals surface area contributed by atoms with Crippen LogP contribution >= 0.6 is 0 Å². The van der Waals surface area contributed by atoms with Crippen LogP contribution in [0.15, 0.2) is 18.3 Å². The summed E-state index contributed by atoms with van der Waals surface area (Å²) in [5.41, 5.74) is 5.85. The van der Waals surface area contributed by atoms with E-state index in [9.17, 15) is 9.59 Å². The lowest BCUT2D eigenvalue weighted by atomic mass is 10.2. The Balaban J connectivity index is 2.29. The fraction of sp³-hybridized carbons (Fsp3) is 0.417. The van der Waals surface area contributed by atoms with Crippen LogP contribution in [0.4, 0.5) is 5.82 Å². The lowest BCUT2D eigenvalue weighted by Gasteiger charge is -2.05. The van der Waals surface area contributed by atoms with E-state index in [0.29, 0.717) is 24.5 Å². The SMILES string of the molecule is CCCNC(=O)CCNC(=O)c1ccc(N)nc1. The molecule has 0 bridgehead atoms. The predicted molar refractivity (Wildman–Crippen MR) is 68.9 cm³/mol. The molecule has 0 unspecified atom stereocenters. The van der Waals surface area contributed by atoms with Gasteiger partial charge in [0.1, 0.15) is 5.82 Å². The molecule has 2 amide bonds. The third-order valence-corrected chi connectivity index (χ3v) is 2.26. The first-order valence-corrected chi connectivity index (χ1v) is 5.90. The maximum absolute atomic E-state index is 11.6. The molecular formula is C12H18N4O2. The number of hydrogen-bond acceptors (Lipinski definition) is 4. The Labute approximate surface area is 106 Å². The molecule has 0 fully saturated rings. The first kappa shape index (κ1) is 14.0. The summed E-state index contributed by atoms with van der Waals surface area (Å²) in [5, 5.41) is 5.38. The van der Waals surface area contributed by atoms with Crippen molar-refractivity contribution in [3.05, 3.63) is 23.9 Å². The molecule has 0 aliphatic carbocycles. The van der Waals surface area contributed by atoms with Gasteiger partial charge in [-0.1, -0.05) is 6.92 Å². The second-order valence-corrected chi connectivity index (χ2v) is 3.83. The second kappa shape index (κ2) is 7.26. The highest BCUT2D eigenvalue weighted by Crippen LogP contribution is 2.00. The molecule has 0 spiro atoms. The summed E-state index contributed by atoms with van der Waals surface area (Å²) in [5.74, 6) is 0.0452. The molecule has 0 aliphatic heterocycles. The van der Waals surface area contributed by atoms with Crippen LogP contribution in [0.3, 0.4) is 0 Å². The molecule has 6 nitrogen and oxygen atoms in total. The van der Waals surface area contributed by atoms with Crippen molar-refractivity contribution < 1.29 is 9.59 Å². The maximum Gasteiger partial charge on any atom is 0.252 e. The summed E-state index contributed by atoms with van der Waals surface area (Å²) < 4.78 is 0. The van der Waals surface area contributed by atoms with Crippen LogP contribution in [0, 0.1) is 0 Å². The van der Waals surface area contributed by atoms with Crippen LogP contribution in [0.5, 0.6) is 0 Å². The maximum atomic E-state index is 11.6. The Kier molecular flexibility index (Phi) is 5.63. The highest BCUT2D eigenvalue weighted by Gasteiger charge is 2.06. The molecule has 4 N–H and O–H groups in total. The largest absolute Gasteiger partial charge is 0.384 e. The topological polar surface area (TPSA) is 97.1 Å². The van der Waals surface area contributed by atoms with Gasteiger partial charge in [0.05, 0.1) is 5.56 Å². The first-order valence-electron chi connectivity index (χ1n) is 5.90. The molecule has 0 aliphatic rings. The zero-order chi connectivity index (χ0) is 13.4. The van der Waals surface area contributed by atoms with Crippen molar-refractivity contribution in [1.82, 2.24) is 15.6 Å². The first-order chi connectivity index (χ1) is 8.63. The number of hydrogen-bond donors (Lipinski definition) is 3. The quantitative estimate of drug-likeness (QED) is 0.677. The highest BCUT2D eigenvalue weighted by molar-refractivity contribution is 5.94. The van der Waals surface area contributed by atoms with Gasteiger partial charge in [-0.2, -0.15) is 0 Å². The number of carbonyl (C=O) groups is 2. The van der Waals surface area contributed by atoms with Gasteiger partial charge in [0.25, 0.3) is 5.91 Å². The van der Waals surface area contributed by atoms with Gasteiger partial charge >= 0.3 is 0 Å². The third kappa shape index (κ3) is 4.82. The van der Waals surface area contributed by atoms with Crippen molar-refractivity contribution in [2.75, 3.05) is 18.8 Å². The smallest absolute Gasteiger partial charge is 0.252 e. The van der Waals surface area contributed by atoms with Crippen molar-refractivity contribution in [2.24, 2.45) is 0 Å². The zero-order valence-electron chi connectivity index (χ0n) is 10.4. The van der Waals surface area contributed by atoms with E-state index in [0.717, 1.165) is 6.42 Å². The number of pyridine rings is 1. The Hall–Kier alpha value is -2.11. The molecular weight excluding hydrogens is 232 g/mol. The summed E-state index contributed by atoms with van der Waals surface area (Å²) in [6.45, 7) is 2.95. The zero-order valence-corrected chi connectivity index (χ0v) is 10.4. The van der Waals surface area contributed by atoms with Crippen molar-refractivity contribution in [3.63, 3.8) is 0 Å². The van der Waals surface area contributed by atoms with Crippen molar-refractivity contribution in [2.45, 2.75) is 19.8 Å². The van der Waals surface area contributed by atoms with Gasteiger partial charge in [0.15, 0.2) is 0 Å². The predicted octanol–water partition coefficient (Wildman–Crippen LogP) is 0.310. The van der Waals surface area contributed by atoms with Crippen LogP contribution in [-0.2, 0) is 4.79 Å². The minimum absolute atomic E-state index is 0.0624. The van der Waals surface area contributed by atoms with Gasteiger partial charge in [-0.3, -0.25) is 9.59 Å². The molecule has 0 saturated carbocycles. The molecule has 98 valence electrons. The number of rotatable bonds is 6. The van der Waals surface area contributed by atoms with E-state index >= 15 is 0 Å². The van der Waals surface area contributed by atoms with Gasteiger partial charge in [-0.15, -0.1) is 0 Å². The highest BCUT2D eigenvalue weighted by atomic mass is 16.2. The van der Waals surface area contributed by atoms with E-state index in [2.05, 4.69) is 15.6 Å². The van der Waals surface area contributed by atoms with Crippen LogP contribution < -0.4 is 16.4 Å². The summed E-state index contributed by atoms with van der Waals surface area (Å²) >= 11 is 0.